The topological polar surface area (TPSA) is 75.7 Å². The number of alkyl halides is 3. The summed E-state index contributed by atoms with van der Waals surface area (Å²) in [5, 5.41) is 10.0. The van der Waals surface area contributed by atoms with Crippen molar-refractivity contribution in [1.82, 2.24) is 0 Å². The van der Waals surface area contributed by atoms with E-state index in [0.717, 1.165) is 12.1 Å². The number of aromatic hydroxyl groups is 1. The van der Waals surface area contributed by atoms with E-state index in [2.05, 4.69) is 4.99 Å². The summed E-state index contributed by atoms with van der Waals surface area (Å²) in [6.45, 7) is 0. The van der Waals surface area contributed by atoms with Crippen LogP contribution in [0.3, 0.4) is 0 Å². The number of amidine groups is 1. The molecule has 0 bridgehead atoms. The monoisotopic (exact) mass is 370 g/mol. The third kappa shape index (κ3) is 5.22. The lowest BCUT2D eigenvalue weighted by atomic mass is 10.1. The van der Waals surface area contributed by atoms with Crippen LogP contribution < -0.4 is 5.73 Å². The Kier molecular flexibility index (Phi) is 5.69. The lowest BCUT2D eigenvalue weighted by molar-refractivity contribution is -0.137. The highest BCUT2D eigenvalue weighted by Crippen LogP contribution is 2.29. The number of rotatable bonds is 4. The van der Waals surface area contributed by atoms with Crippen molar-refractivity contribution in [3.63, 3.8) is 0 Å². The summed E-state index contributed by atoms with van der Waals surface area (Å²) in [6.07, 6.45) is -4.21. The van der Waals surface area contributed by atoms with Crippen molar-refractivity contribution in [2.75, 3.05) is 0 Å². The smallest absolute Gasteiger partial charge is 0.416 e. The van der Waals surface area contributed by atoms with Crippen LogP contribution in [0.15, 0.2) is 47.5 Å². The predicted molar refractivity (Wildman–Crippen MR) is 88.6 cm³/mol. The van der Waals surface area contributed by atoms with Gasteiger partial charge in [-0.2, -0.15) is 18.2 Å². The summed E-state index contributed by atoms with van der Waals surface area (Å²) in [5.74, 6) is -0.907. The lowest BCUT2D eigenvalue weighted by Gasteiger charge is -2.07. The minimum atomic E-state index is -4.40. The standard InChI is InChI=1S/C17H14ClF3N2O2/c18-12-6-7-14(24)13(9-12)16(22)23-15(25)8-3-10-1-4-11(5-2-10)17(19,20)21/h1-2,4-7,9,24H,3,8H2,(H2,22,23,25). The SMILES string of the molecule is NC(=NC(=O)CCc1ccc(C(F)(F)F)cc1)c1cc(Cl)ccc1O. The van der Waals surface area contributed by atoms with E-state index in [1.165, 1.54) is 30.3 Å². The number of benzene rings is 2. The van der Waals surface area contributed by atoms with Crippen LogP contribution in [0.5, 0.6) is 5.75 Å². The molecule has 0 unspecified atom stereocenters. The lowest BCUT2D eigenvalue weighted by Crippen LogP contribution is -2.16. The molecule has 0 fully saturated rings. The fourth-order valence-electron chi connectivity index (χ4n) is 2.08. The van der Waals surface area contributed by atoms with Gasteiger partial charge in [-0.1, -0.05) is 23.7 Å². The van der Waals surface area contributed by atoms with Crippen LogP contribution in [0.4, 0.5) is 13.2 Å². The van der Waals surface area contributed by atoms with Crippen molar-refractivity contribution in [2.45, 2.75) is 19.0 Å². The number of amides is 1. The summed E-state index contributed by atoms with van der Waals surface area (Å²) >= 11 is 5.80. The van der Waals surface area contributed by atoms with Gasteiger partial charge in [0.2, 0.25) is 5.91 Å². The molecule has 8 heteroatoms. The van der Waals surface area contributed by atoms with E-state index in [-0.39, 0.29) is 30.0 Å². The maximum atomic E-state index is 12.5. The van der Waals surface area contributed by atoms with Crippen LogP contribution in [0.1, 0.15) is 23.1 Å². The third-order valence-electron chi connectivity index (χ3n) is 3.39. The van der Waals surface area contributed by atoms with Crippen molar-refractivity contribution in [2.24, 2.45) is 10.7 Å². The Morgan fingerprint density at radius 3 is 2.40 bits per heavy atom. The molecule has 0 aliphatic heterocycles. The molecule has 2 aromatic carbocycles. The Morgan fingerprint density at radius 2 is 1.80 bits per heavy atom. The average Bonchev–Trinajstić information content (AvgIpc) is 2.54. The highest BCUT2D eigenvalue weighted by Gasteiger charge is 2.29. The van der Waals surface area contributed by atoms with Gasteiger partial charge in [0.25, 0.3) is 0 Å². The number of halogens is 4. The van der Waals surface area contributed by atoms with Crippen molar-refractivity contribution in [1.29, 1.82) is 0 Å². The first-order valence-electron chi connectivity index (χ1n) is 7.19. The first-order valence-corrected chi connectivity index (χ1v) is 7.56. The van der Waals surface area contributed by atoms with Crippen LogP contribution in [0.2, 0.25) is 5.02 Å². The van der Waals surface area contributed by atoms with Gasteiger partial charge < -0.3 is 10.8 Å². The molecule has 0 heterocycles. The Hall–Kier alpha value is -2.54. The van der Waals surface area contributed by atoms with E-state index in [0.29, 0.717) is 10.6 Å². The van der Waals surface area contributed by atoms with Crippen LogP contribution >= 0.6 is 11.6 Å². The summed E-state index contributed by atoms with van der Waals surface area (Å²) < 4.78 is 37.5. The van der Waals surface area contributed by atoms with Gasteiger partial charge in [-0.05, 0) is 42.3 Å². The van der Waals surface area contributed by atoms with E-state index >= 15 is 0 Å². The van der Waals surface area contributed by atoms with Crippen LogP contribution in [-0.4, -0.2) is 16.8 Å². The molecule has 0 atom stereocenters. The van der Waals surface area contributed by atoms with Crippen LogP contribution in [0, 0.1) is 0 Å². The van der Waals surface area contributed by atoms with Crippen molar-refractivity contribution >= 4 is 23.3 Å². The molecule has 1 amide bonds. The molecular formula is C17H14ClF3N2O2. The largest absolute Gasteiger partial charge is 0.507 e. The molecular weight excluding hydrogens is 357 g/mol. The number of nitrogens with zero attached hydrogens (tertiary/aromatic N) is 1. The van der Waals surface area contributed by atoms with Crippen molar-refractivity contribution in [3.8, 4) is 5.75 Å². The molecule has 0 saturated carbocycles. The van der Waals surface area contributed by atoms with Gasteiger partial charge in [-0.3, -0.25) is 4.79 Å². The predicted octanol–water partition coefficient (Wildman–Crippen LogP) is 3.93. The molecule has 25 heavy (non-hydrogen) atoms. The number of nitrogens with two attached hydrogens (primary N) is 1. The summed E-state index contributed by atoms with van der Waals surface area (Å²) in [5.41, 5.74) is 5.64. The molecule has 2 rings (SSSR count). The highest BCUT2D eigenvalue weighted by atomic mass is 35.5. The maximum Gasteiger partial charge on any atom is 0.416 e. The summed E-state index contributed by atoms with van der Waals surface area (Å²) in [7, 11) is 0. The molecule has 3 N–H and O–H groups in total. The zero-order valence-corrected chi connectivity index (χ0v) is 13.6. The number of aryl methyl sites for hydroxylation is 1. The molecule has 0 saturated heterocycles. The molecule has 0 spiro atoms. The Bertz CT molecular complexity index is 803. The van der Waals surface area contributed by atoms with E-state index in [9.17, 15) is 23.1 Å². The number of hydrogen-bond acceptors (Lipinski definition) is 2. The fourth-order valence-corrected chi connectivity index (χ4v) is 2.25. The molecule has 0 aromatic heterocycles. The normalized spacial score (nSPS) is 12.2. The summed E-state index contributed by atoms with van der Waals surface area (Å²) in [4.78, 5) is 15.5. The van der Waals surface area contributed by atoms with Gasteiger partial charge in [0.1, 0.15) is 11.6 Å². The number of aliphatic imine (C=N–C) groups is 1. The Labute approximate surface area is 146 Å². The number of carbonyl (C=O) groups excluding carboxylic acids is 1. The van der Waals surface area contributed by atoms with Gasteiger partial charge in [0.15, 0.2) is 0 Å². The second-order valence-corrected chi connectivity index (χ2v) is 5.68. The molecule has 0 aliphatic carbocycles. The van der Waals surface area contributed by atoms with Crippen molar-refractivity contribution < 1.29 is 23.1 Å². The summed E-state index contributed by atoms with van der Waals surface area (Å²) in [6, 6.07) is 8.70. The zero-order chi connectivity index (χ0) is 18.6. The van der Waals surface area contributed by atoms with Gasteiger partial charge in [-0.25, -0.2) is 0 Å². The van der Waals surface area contributed by atoms with Gasteiger partial charge in [-0.15, -0.1) is 0 Å². The second-order valence-electron chi connectivity index (χ2n) is 5.25. The minimum absolute atomic E-state index is 0.0343. The van der Waals surface area contributed by atoms with Gasteiger partial charge in [0.05, 0.1) is 11.1 Å². The minimum Gasteiger partial charge on any atom is -0.507 e. The first-order chi connectivity index (χ1) is 11.7. The molecule has 0 aliphatic rings. The van der Waals surface area contributed by atoms with E-state index in [1.54, 1.807) is 0 Å². The van der Waals surface area contributed by atoms with Gasteiger partial charge >= 0.3 is 6.18 Å². The number of phenols is 1. The quantitative estimate of drug-likeness (QED) is 0.632. The van der Waals surface area contributed by atoms with E-state index in [1.807, 2.05) is 0 Å². The number of phenolic OH excluding ortho intramolecular Hbond substituents is 1. The average molecular weight is 371 g/mol. The zero-order valence-electron chi connectivity index (χ0n) is 12.8. The molecule has 4 nitrogen and oxygen atoms in total. The Morgan fingerprint density at radius 1 is 1.16 bits per heavy atom. The number of carbonyl (C=O) groups is 1. The van der Waals surface area contributed by atoms with Crippen molar-refractivity contribution in [3.05, 3.63) is 64.2 Å². The molecule has 2 aromatic rings. The van der Waals surface area contributed by atoms with Gasteiger partial charge in [0, 0.05) is 11.4 Å². The maximum absolute atomic E-state index is 12.5. The van der Waals surface area contributed by atoms with E-state index < -0.39 is 17.6 Å². The molecule has 0 radical (unpaired) electrons. The number of hydrogen-bond donors (Lipinski definition) is 2. The Balaban J connectivity index is 2.01. The highest BCUT2D eigenvalue weighted by molar-refractivity contribution is 6.31. The second kappa shape index (κ2) is 7.57. The third-order valence-corrected chi connectivity index (χ3v) is 3.62. The fraction of sp³-hybridized carbons (Fsp3) is 0.176. The van der Waals surface area contributed by atoms with E-state index in [4.69, 9.17) is 17.3 Å². The van der Waals surface area contributed by atoms with Crippen LogP contribution in [-0.2, 0) is 17.4 Å². The first kappa shape index (κ1) is 18.8. The molecule has 132 valence electrons. The van der Waals surface area contributed by atoms with Crippen LogP contribution in [0.25, 0.3) is 0 Å².